The van der Waals surface area contributed by atoms with Gasteiger partial charge in [-0.2, -0.15) is 0 Å². The van der Waals surface area contributed by atoms with Crippen LogP contribution < -0.4 is 5.32 Å². The van der Waals surface area contributed by atoms with E-state index in [0.717, 1.165) is 16.7 Å². The van der Waals surface area contributed by atoms with Crippen LogP contribution in [0.25, 0.3) is 11.6 Å². The van der Waals surface area contributed by atoms with E-state index in [9.17, 15) is 4.79 Å². The highest BCUT2D eigenvalue weighted by Crippen LogP contribution is 2.24. The summed E-state index contributed by atoms with van der Waals surface area (Å²) >= 11 is 18.4. The van der Waals surface area contributed by atoms with Crippen LogP contribution >= 0.6 is 34.8 Å². The van der Waals surface area contributed by atoms with Crippen molar-refractivity contribution in [3.63, 3.8) is 0 Å². The number of nitrogens with one attached hydrogen (secondary N) is 1. The van der Waals surface area contributed by atoms with Crippen molar-refractivity contribution in [3.05, 3.63) is 105 Å². The maximum atomic E-state index is 12.9. The zero-order chi connectivity index (χ0) is 19.2. The molecule has 0 atom stereocenters. The molecular weight excluding hydrogens is 401 g/mol. The number of benzene rings is 3. The fraction of sp³-hybridized carbons (Fsp3) is 0.0455. The van der Waals surface area contributed by atoms with Crippen molar-refractivity contribution < 1.29 is 4.79 Å². The van der Waals surface area contributed by atoms with Crippen LogP contribution in [0.2, 0.25) is 15.1 Å². The third-order valence-electron chi connectivity index (χ3n) is 3.99. The van der Waals surface area contributed by atoms with Gasteiger partial charge < -0.3 is 5.32 Å². The molecule has 3 aromatic carbocycles. The lowest BCUT2D eigenvalue weighted by molar-refractivity contribution is -0.115. The highest BCUT2D eigenvalue weighted by molar-refractivity contribution is 6.35. The molecule has 3 rings (SSSR count). The second-order valence-corrected chi connectivity index (χ2v) is 7.11. The minimum atomic E-state index is -0.216. The van der Waals surface area contributed by atoms with Crippen LogP contribution in [-0.4, -0.2) is 5.91 Å². The van der Waals surface area contributed by atoms with E-state index >= 15 is 0 Å². The number of hydrogen-bond donors (Lipinski definition) is 1. The van der Waals surface area contributed by atoms with E-state index in [2.05, 4.69) is 5.32 Å². The van der Waals surface area contributed by atoms with Crippen molar-refractivity contribution in [3.8, 4) is 0 Å². The van der Waals surface area contributed by atoms with Gasteiger partial charge in [0, 0.05) is 27.2 Å². The molecule has 0 aliphatic heterocycles. The molecule has 0 aromatic heterocycles. The van der Waals surface area contributed by atoms with E-state index in [0.29, 0.717) is 27.2 Å². The standard InChI is InChI=1S/C22H16Cl3NO/c23-18-11-10-17(21(25)13-18)14-26-22(27)19(15-6-2-1-3-7-15)12-16-8-4-5-9-20(16)24/h1-13H,14H2,(H,26,27)/b19-12+. The molecule has 1 amide bonds. The lowest BCUT2D eigenvalue weighted by Gasteiger charge is -2.11. The number of carbonyl (C=O) groups excluding carboxylic acids is 1. The van der Waals surface area contributed by atoms with E-state index in [-0.39, 0.29) is 5.91 Å². The van der Waals surface area contributed by atoms with E-state index in [1.165, 1.54) is 0 Å². The minimum Gasteiger partial charge on any atom is -0.348 e. The molecule has 0 saturated carbocycles. The van der Waals surface area contributed by atoms with Crippen LogP contribution in [0, 0.1) is 0 Å². The molecule has 0 radical (unpaired) electrons. The summed E-state index contributed by atoms with van der Waals surface area (Å²) in [6, 6.07) is 22.0. The van der Waals surface area contributed by atoms with Crippen molar-refractivity contribution in [2.24, 2.45) is 0 Å². The smallest absolute Gasteiger partial charge is 0.252 e. The molecule has 0 heterocycles. The highest BCUT2D eigenvalue weighted by atomic mass is 35.5. The number of halogens is 3. The van der Waals surface area contributed by atoms with Crippen LogP contribution in [0.15, 0.2) is 72.8 Å². The summed E-state index contributed by atoms with van der Waals surface area (Å²) in [7, 11) is 0. The SMILES string of the molecule is O=C(NCc1ccc(Cl)cc1Cl)/C(=C/c1ccccc1Cl)c1ccccc1. The first kappa shape index (κ1) is 19.5. The molecular formula is C22H16Cl3NO. The largest absolute Gasteiger partial charge is 0.348 e. The van der Waals surface area contributed by atoms with Crippen LogP contribution in [0.4, 0.5) is 0 Å². The van der Waals surface area contributed by atoms with Crippen molar-refractivity contribution in [1.82, 2.24) is 5.32 Å². The van der Waals surface area contributed by atoms with Crippen LogP contribution in [0.3, 0.4) is 0 Å². The Labute approximate surface area is 173 Å². The Hall–Kier alpha value is -2.26. The second-order valence-electron chi connectivity index (χ2n) is 5.86. The molecule has 0 bridgehead atoms. The monoisotopic (exact) mass is 415 g/mol. The molecule has 2 nitrogen and oxygen atoms in total. The Kier molecular flexibility index (Phi) is 6.57. The first-order valence-corrected chi connectivity index (χ1v) is 9.42. The summed E-state index contributed by atoms with van der Waals surface area (Å²) in [6.07, 6.45) is 1.79. The van der Waals surface area contributed by atoms with Crippen molar-refractivity contribution in [2.75, 3.05) is 0 Å². The van der Waals surface area contributed by atoms with Crippen LogP contribution in [0.5, 0.6) is 0 Å². The van der Waals surface area contributed by atoms with Gasteiger partial charge >= 0.3 is 0 Å². The molecule has 0 fully saturated rings. The van der Waals surface area contributed by atoms with E-state index in [4.69, 9.17) is 34.8 Å². The van der Waals surface area contributed by atoms with Gasteiger partial charge in [0.05, 0.1) is 0 Å². The zero-order valence-corrected chi connectivity index (χ0v) is 16.5. The van der Waals surface area contributed by atoms with Gasteiger partial charge in [-0.1, -0.05) is 89.4 Å². The van der Waals surface area contributed by atoms with Gasteiger partial charge in [0.15, 0.2) is 0 Å². The molecule has 5 heteroatoms. The lowest BCUT2D eigenvalue weighted by atomic mass is 10.0. The van der Waals surface area contributed by atoms with Gasteiger partial charge in [0.25, 0.3) is 5.91 Å². The summed E-state index contributed by atoms with van der Waals surface area (Å²) in [5, 5.41) is 4.57. The Bertz CT molecular complexity index is 984. The molecule has 0 aliphatic rings. The maximum absolute atomic E-state index is 12.9. The summed E-state index contributed by atoms with van der Waals surface area (Å²) in [4.78, 5) is 12.9. The summed E-state index contributed by atoms with van der Waals surface area (Å²) < 4.78 is 0. The average molecular weight is 417 g/mol. The van der Waals surface area contributed by atoms with Gasteiger partial charge in [-0.05, 0) is 41.0 Å². The fourth-order valence-corrected chi connectivity index (χ4v) is 3.25. The van der Waals surface area contributed by atoms with Crippen LogP contribution in [-0.2, 0) is 11.3 Å². The third-order valence-corrected chi connectivity index (χ3v) is 4.92. The molecule has 1 N–H and O–H groups in total. The Morgan fingerprint density at radius 1 is 0.852 bits per heavy atom. The van der Waals surface area contributed by atoms with Crippen molar-refractivity contribution >= 4 is 52.4 Å². The molecule has 27 heavy (non-hydrogen) atoms. The third kappa shape index (κ3) is 5.14. The predicted octanol–water partition coefficient (Wildman–Crippen LogP) is 6.50. The zero-order valence-electron chi connectivity index (χ0n) is 14.3. The second kappa shape index (κ2) is 9.09. The number of amides is 1. The normalized spacial score (nSPS) is 11.3. The molecule has 0 saturated heterocycles. The Morgan fingerprint density at radius 2 is 1.56 bits per heavy atom. The van der Waals surface area contributed by atoms with Gasteiger partial charge in [0.1, 0.15) is 0 Å². The van der Waals surface area contributed by atoms with Gasteiger partial charge in [-0.15, -0.1) is 0 Å². The van der Waals surface area contributed by atoms with Crippen molar-refractivity contribution in [1.29, 1.82) is 0 Å². The van der Waals surface area contributed by atoms with E-state index < -0.39 is 0 Å². The predicted molar refractivity (Wildman–Crippen MR) is 114 cm³/mol. The van der Waals surface area contributed by atoms with Gasteiger partial charge in [0.2, 0.25) is 0 Å². The van der Waals surface area contributed by atoms with Gasteiger partial charge in [-0.3, -0.25) is 4.79 Å². The number of rotatable bonds is 5. The van der Waals surface area contributed by atoms with E-state index in [1.54, 1.807) is 30.3 Å². The summed E-state index contributed by atoms with van der Waals surface area (Å²) in [5.74, 6) is -0.216. The average Bonchev–Trinajstić information content (AvgIpc) is 2.67. The first-order valence-electron chi connectivity index (χ1n) is 8.28. The molecule has 136 valence electrons. The van der Waals surface area contributed by atoms with Gasteiger partial charge in [-0.25, -0.2) is 0 Å². The summed E-state index contributed by atoms with van der Waals surface area (Å²) in [6.45, 7) is 0.293. The van der Waals surface area contributed by atoms with Crippen LogP contribution in [0.1, 0.15) is 16.7 Å². The molecule has 3 aromatic rings. The van der Waals surface area contributed by atoms with Crippen molar-refractivity contribution in [2.45, 2.75) is 6.54 Å². The Balaban J connectivity index is 1.89. The lowest BCUT2D eigenvalue weighted by Crippen LogP contribution is -2.24. The minimum absolute atomic E-state index is 0.216. The Morgan fingerprint density at radius 3 is 2.26 bits per heavy atom. The molecule has 0 aliphatic carbocycles. The topological polar surface area (TPSA) is 29.1 Å². The molecule has 0 unspecified atom stereocenters. The quantitative estimate of drug-likeness (QED) is 0.373. The number of carbonyl (C=O) groups is 1. The number of hydrogen-bond acceptors (Lipinski definition) is 1. The highest BCUT2D eigenvalue weighted by Gasteiger charge is 2.13. The first-order chi connectivity index (χ1) is 13.0. The van der Waals surface area contributed by atoms with E-state index in [1.807, 2.05) is 48.5 Å². The fourth-order valence-electron chi connectivity index (χ4n) is 2.58. The summed E-state index contributed by atoms with van der Waals surface area (Å²) in [5.41, 5.74) is 2.89. The molecule has 0 spiro atoms. The maximum Gasteiger partial charge on any atom is 0.252 e.